The highest BCUT2D eigenvalue weighted by Gasteiger charge is 2.27. The molecular weight excluding hydrogens is 323 g/mol. The van der Waals surface area contributed by atoms with Gasteiger partial charge in [-0.15, -0.1) is 0 Å². The number of hydrogen-bond acceptors (Lipinski definition) is 4. The maximum Gasteiger partial charge on any atom is 0.224 e. The molecule has 0 saturated carbocycles. The van der Waals surface area contributed by atoms with Gasteiger partial charge in [0.2, 0.25) is 5.91 Å². The highest BCUT2D eigenvalue weighted by atomic mass is 19.1. The standard InChI is InChI=1S/C18H23FN4O2/c1-22-11-14(10-21-22)18(13-4-3-5-15(19)8-13)23(2)17(24)9-16-12-25-7-6-20-16/h3-5,8,10-11,16,18,20H,6-7,9,12H2,1-2H3. The predicted molar refractivity (Wildman–Crippen MR) is 91.4 cm³/mol. The van der Waals surface area contributed by atoms with Gasteiger partial charge < -0.3 is 15.0 Å². The van der Waals surface area contributed by atoms with Gasteiger partial charge in [0.1, 0.15) is 5.82 Å². The minimum atomic E-state index is -0.388. The third kappa shape index (κ3) is 4.24. The fourth-order valence-corrected chi connectivity index (χ4v) is 3.15. The number of morpholine rings is 1. The average molecular weight is 346 g/mol. The normalized spacial score (nSPS) is 18.8. The molecule has 6 nitrogen and oxygen atoms in total. The maximum atomic E-state index is 13.7. The minimum Gasteiger partial charge on any atom is -0.378 e. The number of rotatable bonds is 5. The molecule has 1 saturated heterocycles. The summed E-state index contributed by atoms with van der Waals surface area (Å²) < 4.78 is 20.8. The van der Waals surface area contributed by atoms with Gasteiger partial charge >= 0.3 is 0 Å². The molecule has 2 heterocycles. The molecule has 0 spiro atoms. The Balaban J connectivity index is 1.84. The molecule has 2 atom stereocenters. The lowest BCUT2D eigenvalue weighted by molar-refractivity contribution is -0.132. The highest BCUT2D eigenvalue weighted by molar-refractivity contribution is 5.77. The topological polar surface area (TPSA) is 59.4 Å². The van der Waals surface area contributed by atoms with Crippen LogP contribution in [-0.4, -0.2) is 53.4 Å². The molecule has 1 aromatic carbocycles. The van der Waals surface area contributed by atoms with Gasteiger partial charge in [-0.2, -0.15) is 5.10 Å². The van der Waals surface area contributed by atoms with Crippen LogP contribution >= 0.6 is 0 Å². The number of carbonyl (C=O) groups is 1. The van der Waals surface area contributed by atoms with E-state index in [4.69, 9.17) is 4.74 Å². The number of nitrogens with one attached hydrogen (secondary N) is 1. The van der Waals surface area contributed by atoms with E-state index in [0.29, 0.717) is 19.6 Å². The maximum absolute atomic E-state index is 13.7. The molecule has 1 aliphatic heterocycles. The summed E-state index contributed by atoms with van der Waals surface area (Å²) in [6.45, 7) is 1.94. The van der Waals surface area contributed by atoms with E-state index < -0.39 is 0 Å². The van der Waals surface area contributed by atoms with Crippen molar-refractivity contribution in [3.8, 4) is 0 Å². The molecule has 3 rings (SSSR count). The van der Waals surface area contributed by atoms with Gasteiger partial charge in [0, 0.05) is 44.9 Å². The molecule has 2 unspecified atom stereocenters. The first-order valence-electron chi connectivity index (χ1n) is 8.35. The van der Waals surface area contributed by atoms with Crippen molar-refractivity contribution in [3.63, 3.8) is 0 Å². The van der Waals surface area contributed by atoms with Crippen molar-refractivity contribution >= 4 is 5.91 Å². The molecule has 2 aromatic rings. The molecule has 1 aliphatic rings. The molecule has 1 N–H and O–H groups in total. The number of aromatic nitrogens is 2. The lowest BCUT2D eigenvalue weighted by atomic mass is 9.99. The van der Waals surface area contributed by atoms with E-state index in [-0.39, 0.29) is 23.8 Å². The number of amides is 1. The van der Waals surface area contributed by atoms with Crippen LogP contribution in [0.1, 0.15) is 23.6 Å². The number of carbonyl (C=O) groups excluding carboxylic acids is 1. The SMILES string of the molecule is CN(C(=O)CC1COCCN1)C(c1cccc(F)c1)c1cnn(C)c1. The summed E-state index contributed by atoms with van der Waals surface area (Å²) >= 11 is 0. The third-order valence-corrected chi connectivity index (χ3v) is 4.41. The molecule has 1 amide bonds. The third-order valence-electron chi connectivity index (χ3n) is 4.41. The van der Waals surface area contributed by atoms with Crippen LogP contribution in [0.5, 0.6) is 0 Å². The Kier molecular flexibility index (Phi) is 5.45. The van der Waals surface area contributed by atoms with E-state index >= 15 is 0 Å². The quantitative estimate of drug-likeness (QED) is 0.891. The number of halogens is 1. The summed E-state index contributed by atoms with van der Waals surface area (Å²) in [5.74, 6) is -0.351. The second kappa shape index (κ2) is 7.76. The van der Waals surface area contributed by atoms with Crippen molar-refractivity contribution in [1.82, 2.24) is 20.0 Å². The Morgan fingerprint density at radius 2 is 2.36 bits per heavy atom. The van der Waals surface area contributed by atoms with Crippen LogP contribution in [0, 0.1) is 5.82 Å². The molecular formula is C18H23FN4O2. The monoisotopic (exact) mass is 346 g/mol. The van der Waals surface area contributed by atoms with Crippen LogP contribution in [0.3, 0.4) is 0 Å². The molecule has 0 bridgehead atoms. The smallest absolute Gasteiger partial charge is 0.224 e. The summed E-state index contributed by atoms with van der Waals surface area (Å²) in [6, 6.07) is 5.96. The molecule has 1 aromatic heterocycles. The highest BCUT2D eigenvalue weighted by Crippen LogP contribution is 2.28. The fraction of sp³-hybridized carbons (Fsp3) is 0.444. The Labute approximate surface area is 146 Å². The Morgan fingerprint density at radius 3 is 3.00 bits per heavy atom. The molecule has 0 aliphatic carbocycles. The van der Waals surface area contributed by atoms with Gasteiger partial charge in [0.15, 0.2) is 0 Å². The molecule has 134 valence electrons. The van der Waals surface area contributed by atoms with Crippen LogP contribution in [0.25, 0.3) is 0 Å². The van der Waals surface area contributed by atoms with E-state index in [9.17, 15) is 9.18 Å². The first-order valence-corrected chi connectivity index (χ1v) is 8.35. The van der Waals surface area contributed by atoms with Crippen molar-refractivity contribution in [2.24, 2.45) is 7.05 Å². The van der Waals surface area contributed by atoms with Crippen LogP contribution in [-0.2, 0) is 16.6 Å². The fourth-order valence-electron chi connectivity index (χ4n) is 3.15. The van der Waals surface area contributed by atoms with Crippen molar-refractivity contribution in [2.45, 2.75) is 18.5 Å². The summed E-state index contributed by atoms with van der Waals surface area (Å²) in [5.41, 5.74) is 1.56. The summed E-state index contributed by atoms with van der Waals surface area (Å²) in [4.78, 5) is 14.5. The Hall–Kier alpha value is -2.25. The Bertz CT molecular complexity index is 727. The Morgan fingerprint density at radius 1 is 1.52 bits per heavy atom. The molecule has 7 heteroatoms. The van der Waals surface area contributed by atoms with Crippen LogP contribution in [0.2, 0.25) is 0 Å². The van der Waals surface area contributed by atoms with Gasteiger partial charge in [-0.3, -0.25) is 9.48 Å². The van der Waals surface area contributed by atoms with Crippen LogP contribution in [0.4, 0.5) is 4.39 Å². The van der Waals surface area contributed by atoms with Crippen LogP contribution in [0.15, 0.2) is 36.7 Å². The van der Waals surface area contributed by atoms with Crippen molar-refractivity contribution in [2.75, 3.05) is 26.8 Å². The van der Waals surface area contributed by atoms with E-state index in [0.717, 1.165) is 17.7 Å². The van der Waals surface area contributed by atoms with Crippen LogP contribution < -0.4 is 5.32 Å². The van der Waals surface area contributed by atoms with Gasteiger partial charge in [-0.25, -0.2) is 4.39 Å². The average Bonchev–Trinajstić information content (AvgIpc) is 3.02. The zero-order valence-corrected chi connectivity index (χ0v) is 14.5. The van der Waals surface area contributed by atoms with Gasteiger partial charge in [-0.05, 0) is 17.7 Å². The number of benzene rings is 1. The van der Waals surface area contributed by atoms with E-state index in [1.165, 1.54) is 12.1 Å². The largest absolute Gasteiger partial charge is 0.378 e. The zero-order valence-electron chi connectivity index (χ0n) is 14.5. The number of hydrogen-bond donors (Lipinski definition) is 1. The zero-order chi connectivity index (χ0) is 17.8. The lowest BCUT2D eigenvalue weighted by Gasteiger charge is -2.31. The van der Waals surface area contributed by atoms with Gasteiger partial charge in [0.05, 0.1) is 25.5 Å². The second-order valence-corrected chi connectivity index (χ2v) is 6.34. The second-order valence-electron chi connectivity index (χ2n) is 6.34. The minimum absolute atomic E-state index is 0.00533. The number of ether oxygens (including phenoxy) is 1. The van der Waals surface area contributed by atoms with E-state index in [1.54, 1.807) is 28.9 Å². The van der Waals surface area contributed by atoms with E-state index in [2.05, 4.69) is 10.4 Å². The number of aryl methyl sites for hydroxylation is 1. The molecule has 1 fully saturated rings. The lowest BCUT2D eigenvalue weighted by Crippen LogP contribution is -2.45. The van der Waals surface area contributed by atoms with Gasteiger partial charge in [0.25, 0.3) is 0 Å². The van der Waals surface area contributed by atoms with E-state index in [1.807, 2.05) is 19.3 Å². The van der Waals surface area contributed by atoms with Crippen molar-refractivity contribution in [1.29, 1.82) is 0 Å². The first kappa shape index (κ1) is 17.6. The summed E-state index contributed by atoms with van der Waals surface area (Å²) in [7, 11) is 3.56. The summed E-state index contributed by atoms with van der Waals surface area (Å²) in [6.07, 6.45) is 3.89. The van der Waals surface area contributed by atoms with Crippen molar-refractivity contribution in [3.05, 3.63) is 53.6 Å². The summed E-state index contributed by atoms with van der Waals surface area (Å²) in [5, 5.41) is 7.48. The van der Waals surface area contributed by atoms with Crippen molar-refractivity contribution < 1.29 is 13.9 Å². The molecule has 0 radical (unpaired) electrons. The molecule has 25 heavy (non-hydrogen) atoms. The predicted octanol–water partition coefficient (Wildman–Crippen LogP) is 1.49. The first-order chi connectivity index (χ1) is 12.0. The number of nitrogens with zero attached hydrogens (tertiary/aromatic N) is 3. The van der Waals surface area contributed by atoms with Gasteiger partial charge in [-0.1, -0.05) is 12.1 Å².